The average molecular weight is 377 g/mol. The zero-order chi connectivity index (χ0) is 18.1. The van der Waals surface area contributed by atoms with E-state index in [1.165, 1.54) is 18.4 Å². The Kier molecular flexibility index (Phi) is 4.92. The number of fused-ring (bicyclic) bond motifs is 1. The monoisotopic (exact) mass is 376 g/mol. The van der Waals surface area contributed by atoms with Crippen LogP contribution in [0.25, 0.3) is 0 Å². The Morgan fingerprint density at radius 3 is 2.64 bits per heavy atom. The maximum absolute atomic E-state index is 12.5. The van der Waals surface area contributed by atoms with Gasteiger partial charge in [-0.15, -0.1) is 11.3 Å². The van der Waals surface area contributed by atoms with Crippen LogP contribution in [0.1, 0.15) is 28.0 Å². The van der Waals surface area contributed by atoms with Crippen molar-refractivity contribution in [1.82, 2.24) is 0 Å². The van der Waals surface area contributed by atoms with E-state index in [1.54, 1.807) is 12.1 Å². The summed E-state index contributed by atoms with van der Waals surface area (Å²) in [4.78, 5) is 29.9. The first-order chi connectivity index (χ1) is 11.9. The van der Waals surface area contributed by atoms with Crippen molar-refractivity contribution in [3.63, 3.8) is 0 Å². The third-order valence-electron chi connectivity index (χ3n) is 4.15. The van der Waals surface area contributed by atoms with Crippen molar-refractivity contribution in [3.8, 4) is 0 Å². The van der Waals surface area contributed by atoms with Crippen LogP contribution in [0.2, 0.25) is 5.02 Å². The summed E-state index contributed by atoms with van der Waals surface area (Å²) in [5.41, 5.74) is 3.48. The first kappa shape index (κ1) is 17.6. The van der Waals surface area contributed by atoms with E-state index in [0.717, 1.165) is 26.6 Å². The zero-order valence-electron chi connectivity index (χ0n) is 14.1. The highest BCUT2D eigenvalue weighted by Gasteiger charge is 2.30. The van der Waals surface area contributed by atoms with Crippen LogP contribution in [0.4, 0.5) is 5.00 Å². The number of ether oxygens (including phenoxy) is 1. The van der Waals surface area contributed by atoms with Crippen LogP contribution < -0.4 is 5.32 Å². The largest absolute Gasteiger partial charge is 0.469 e. The fraction of sp³-hybridized carbons (Fsp3) is 0.278. The van der Waals surface area contributed by atoms with E-state index in [4.69, 9.17) is 16.3 Å². The highest BCUT2D eigenvalue weighted by Crippen LogP contribution is 2.36. The molecule has 1 aliphatic heterocycles. The van der Waals surface area contributed by atoms with Gasteiger partial charge in [0.15, 0.2) is 0 Å². The number of hydrogen-bond acceptors (Lipinski definition) is 5. The number of esters is 1. The van der Waals surface area contributed by atoms with Crippen molar-refractivity contribution in [1.29, 1.82) is 0 Å². The number of benzene rings is 1. The predicted octanol–water partition coefficient (Wildman–Crippen LogP) is 3.74. The van der Waals surface area contributed by atoms with Crippen molar-refractivity contribution in [2.45, 2.75) is 26.3 Å². The molecule has 3 rings (SSSR count). The van der Waals surface area contributed by atoms with E-state index in [9.17, 15) is 9.59 Å². The smallest absolute Gasteiger partial charge is 0.308 e. The Bertz CT molecular complexity index is 871. The molecule has 130 valence electrons. The molecule has 1 aliphatic rings. The molecule has 1 amide bonds. The van der Waals surface area contributed by atoms with Crippen molar-refractivity contribution >= 4 is 45.5 Å². The number of nitrogens with zero attached hydrogens (tertiary/aromatic N) is 1. The summed E-state index contributed by atoms with van der Waals surface area (Å²) in [6, 6.07) is 6.45. The van der Waals surface area contributed by atoms with Gasteiger partial charge in [-0.1, -0.05) is 23.7 Å². The lowest BCUT2D eigenvalue weighted by Crippen LogP contribution is -2.28. The minimum absolute atomic E-state index is 0.105. The lowest BCUT2D eigenvalue weighted by atomic mass is 10.00. The van der Waals surface area contributed by atoms with E-state index in [1.807, 2.05) is 26.0 Å². The summed E-state index contributed by atoms with van der Waals surface area (Å²) in [5.74, 6) is -0.783. The number of methoxy groups -OCH3 is 1. The minimum Gasteiger partial charge on any atom is -0.469 e. The van der Waals surface area contributed by atoms with Gasteiger partial charge >= 0.3 is 5.97 Å². The van der Waals surface area contributed by atoms with E-state index in [2.05, 4.69) is 10.3 Å². The van der Waals surface area contributed by atoms with Gasteiger partial charge in [-0.25, -0.2) is 0 Å². The van der Waals surface area contributed by atoms with E-state index >= 15 is 0 Å². The van der Waals surface area contributed by atoms with Gasteiger partial charge in [0.05, 0.1) is 19.2 Å². The number of aliphatic imine (C=N–C) groups is 1. The maximum Gasteiger partial charge on any atom is 0.308 e. The van der Waals surface area contributed by atoms with Crippen LogP contribution in [0.3, 0.4) is 0 Å². The normalized spacial score (nSPS) is 16.6. The van der Waals surface area contributed by atoms with Gasteiger partial charge in [-0.2, -0.15) is 0 Å². The molecular weight excluding hydrogens is 360 g/mol. The number of hydrogen-bond donors (Lipinski definition) is 1. The molecule has 0 spiro atoms. The topological polar surface area (TPSA) is 67.8 Å². The molecule has 0 fully saturated rings. The zero-order valence-corrected chi connectivity index (χ0v) is 15.6. The molecule has 1 aromatic heterocycles. The average Bonchev–Trinajstić information content (AvgIpc) is 2.78. The van der Waals surface area contributed by atoms with Crippen molar-refractivity contribution in [2.24, 2.45) is 4.99 Å². The third kappa shape index (κ3) is 3.45. The van der Waals surface area contributed by atoms with Gasteiger partial charge in [0, 0.05) is 21.0 Å². The van der Waals surface area contributed by atoms with Crippen LogP contribution in [0, 0.1) is 13.8 Å². The molecule has 1 aromatic carbocycles. The van der Waals surface area contributed by atoms with Gasteiger partial charge in [0.25, 0.3) is 0 Å². The lowest BCUT2D eigenvalue weighted by molar-refractivity contribution is -0.142. The molecule has 0 radical (unpaired) electrons. The number of halogens is 1. The maximum atomic E-state index is 12.5. The first-order valence-electron chi connectivity index (χ1n) is 7.72. The summed E-state index contributed by atoms with van der Waals surface area (Å²) in [5, 5.41) is 4.28. The summed E-state index contributed by atoms with van der Waals surface area (Å²) >= 11 is 7.50. The van der Waals surface area contributed by atoms with Crippen LogP contribution in [0.15, 0.2) is 29.3 Å². The first-order valence-corrected chi connectivity index (χ1v) is 8.92. The van der Waals surface area contributed by atoms with Gasteiger partial charge in [0.1, 0.15) is 11.0 Å². The number of anilines is 1. The summed E-state index contributed by atoms with van der Waals surface area (Å²) in [6.45, 7) is 4.01. The number of rotatable bonds is 3. The number of amides is 1. The van der Waals surface area contributed by atoms with E-state index in [-0.39, 0.29) is 12.3 Å². The van der Waals surface area contributed by atoms with Crippen LogP contribution in [-0.2, 0) is 14.3 Å². The number of aryl methyl sites for hydroxylation is 1. The Hall–Kier alpha value is -2.18. The SMILES string of the molecule is COC(=O)CC1N=C(c2ccc(Cl)cc2)c2c(sc(C)c2C)NC1=O. The number of nitrogens with one attached hydrogen (secondary N) is 1. The van der Waals surface area contributed by atoms with Crippen molar-refractivity contribution < 1.29 is 14.3 Å². The summed E-state index contributed by atoms with van der Waals surface area (Å²) in [6.07, 6.45) is -0.105. The second-order valence-corrected chi connectivity index (χ2v) is 7.42. The van der Waals surface area contributed by atoms with Gasteiger partial charge in [0.2, 0.25) is 5.91 Å². The van der Waals surface area contributed by atoms with Gasteiger partial charge in [-0.3, -0.25) is 14.6 Å². The van der Waals surface area contributed by atoms with Gasteiger partial charge < -0.3 is 10.1 Å². The van der Waals surface area contributed by atoms with Crippen molar-refractivity contribution in [3.05, 3.63) is 50.9 Å². The molecule has 1 atom stereocenters. The molecular formula is C18H17ClN2O3S. The Morgan fingerprint density at radius 2 is 2.00 bits per heavy atom. The molecule has 0 bridgehead atoms. The predicted molar refractivity (Wildman–Crippen MR) is 99.9 cm³/mol. The van der Waals surface area contributed by atoms with Crippen LogP contribution >= 0.6 is 22.9 Å². The molecule has 5 nitrogen and oxygen atoms in total. The van der Waals surface area contributed by atoms with E-state index in [0.29, 0.717) is 10.7 Å². The molecule has 7 heteroatoms. The summed E-state index contributed by atoms with van der Waals surface area (Å²) < 4.78 is 4.70. The Balaban J connectivity index is 2.16. The lowest BCUT2D eigenvalue weighted by Gasteiger charge is -2.10. The Morgan fingerprint density at radius 1 is 1.32 bits per heavy atom. The number of thiophene rings is 1. The second kappa shape index (κ2) is 6.98. The number of carbonyl (C=O) groups excluding carboxylic acids is 2. The van der Waals surface area contributed by atoms with Crippen LogP contribution in [0.5, 0.6) is 0 Å². The highest BCUT2D eigenvalue weighted by atomic mass is 35.5. The fourth-order valence-corrected chi connectivity index (χ4v) is 3.87. The quantitative estimate of drug-likeness (QED) is 0.830. The minimum atomic E-state index is -0.836. The molecule has 2 heterocycles. The van der Waals surface area contributed by atoms with E-state index < -0.39 is 12.0 Å². The molecule has 2 aromatic rings. The van der Waals surface area contributed by atoms with Crippen molar-refractivity contribution in [2.75, 3.05) is 12.4 Å². The van der Waals surface area contributed by atoms with Gasteiger partial charge in [-0.05, 0) is 31.5 Å². The molecule has 1 unspecified atom stereocenters. The third-order valence-corrected chi connectivity index (χ3v) is 5.53. The molecule has 0 aliphatic carbocycles. The fourth-order valence-electron chi connectivity index (χ4n) is 2.68. The molecule has 1 N–H and O–H groups in total. The number of carbonyl (C=O) groups is 2. The highest BCUT2D eigenvalue weighted by molar-refractivity contribution is 7.17. The molecule has 0 saturated carbocycles. The van der Waals surface area contributed by atoms with Crippen LogP contribution in [-0.4, -0.2) is 30.7 Å². The molecule has 25 heavy (non-hydrogen) atoms. The second-order valence-electron chi connectivity index (χ2n) is 5.76. The Labute approximate surface area is 154 Å². The standard InChI is InChI=1S/C18H17ClN2O3S/c1-9-10(2)25-18-15(9)16(11-4-6-12(19)7-5-11)20-13(17(23)21-18)8-14(22)24-3/h4-7,13H,8H2,1-3H3,(H,21,23). The molecule has 0 saturated heterocycles. The summed E-state index contributed by atoms with van der Waals surface area (Å²) in [7, 11) is 1.30.